The van der Waals surface area contributed by atoms with Crippen molar-refractivity contribution in [2.75, 3.05) is 5.28 Å². The Balaban J connectivity index is 5.62. The standard InChI is InChI=1S/C5H9BrO2/c6-4-2-1-3-5(7)8/h1-4H2,(H,7,8)/i1D2,2D2,3D2,4D2,5+1. The van der Waals surface area contributed by atoms with Crippen LogP contribution >= 0.6 is 15.9 Å². The lowest BCUT2D eigenvalue weighted by molar-refractivity contribution is -0.137. The summed E-state index contributed by atoms with van der Waals surface area (Å²) in [5.74, 6) is -2.20. The van der Waals surface area contributed by atoms with Gasteiger partial charge >= 0.3 is 5.97 Å². The van der Waals surface area contributed by atoms with Crippen molar-refractivity contribution >= 4 is 21.9 Å². The third kappa shape index (κ3) is 5.95. The molecule has 0 aromatic rings. The van der Waals surface area contributed by atoms with Gasteiger partial charge in [-0.2, -0.15) is 0 Å². The molecule has 0 saturated carbocycles. The predicted molar refractivity (Wildman–Crippen MR) is 35.3 cm³/mol. The minimum atomic E-state index is -3.56. The molecule has 0 aliphatic heterocycles. The molecule has 2 nitrogen and oxygen atoms in total. The molecule has 0 amide bonds. The maximum absolute atomic E-state index is 10.5. The fraction of sp³-hybridized carbons (Fsp3) is 0.800. The molecule has 0 radical (unpaired) electrons. The molecule has 0 bridgehead atoms. The fourth-order valence-electron chi connectivity index (χ4n) is 0.108. The third-order valence-electron chi connectivity index (χ3n) is 0.279. The average Bonchev–Trinajstić information content (AvgIpc) is 2.00. The summed E-state index contributed by atoms with van der Waals surface area (Å²) in [6, 6.07) is 0. The van der Waals surface area contributed by atoms with Gasteiger partial charge in [-0.25, -0.2) is 0 Å². The molecule has 0 rings (SSSR count). The first-order valence-electron chi connectivity index (χ1n) is 5.62. The van der Waals surface area contributed by atoms with E-state index in [0.29, 0.717) is 0 Å². The topological polar surface area (TPSA) is 37.3 Å². The number of carboxylic acid groups (broad SMARTS) is 1. The molecule has 3 heteroatoms. The first-order valence-corrected chi connectivity index (χ1v) is 2.41. The number of hydrogen-bond donors (Lipinski definition) is 1. The first kappa shape index (κ1) is 1.72. The van der Waals surface area contributed by atoms with Crippen LogP contribution in [0.25, 0.3) is 0 Å². The molecular weight excluding hydrogens is 173 g/mol. The molecule has 0 aliphatic carbocycles. The molecular formula is C5H9BrO2. The molecule has 0 spiro atoms. The van der Waals surface area contributed by atoms with Gasteiger partial charge in [0, 0.05) is 22.6 Å². The molecule has 8 heavy (non-hydrogen) atoms. The van der Waals surface area contributed by atoms with E-state index in [1.54, 1.807) is 0 Å². The van der Waals surface area contributed by atoms with E-state index < -0.39 is 30.4 Å². The molecule has 0 aromatic carbocycles. The summed E-state index contributed by atoms with van der Waals surface area (Å²) in [5.41, 5.74) is 0. The minimum absolute atomic E-state index is 2.20. The third-order valence-corrected chi connectivity index (χ3v) is 0.477. The summed E-state index contributed by atoms with van der Waals surface area (Å²) in [4.78, 5) is 10.5. The lowest BCUT2D eigenvalue weighted by Gasteiger charge is -1.88. The summed E-state index contributed by atoms with van der Waals surface area (Å²) in [7, 11) is 0. The summed E-state index contributed by atoms with van der Waals surface area (Å²) >= 11 is 2.24. The summed E-state index contributed by atoms with van der Waals surface area (Å²) in [6.45, 7) is 0. The van der Waals surface area contributed by atoms with Crippen LogP contribution in [0, 0.1) is 0 Å². The predicted octanol–water partition coefficient (Wildman–Crippen LogP) is 1.64. The lowest BCUT2D eigenvalue weighted by Crippen LogP contribution is -1.93. The smallest absolute Gasteiger partial charge is 0.303 e. The highest BCUT2D eigenvalue weighted by atomic mass is 79.9. The van der Waals surface area contributed by atoms with Crippen molar-refractivity contribution in [1.82, 2.24) is 0 Å². The summed E-state index contributed by atoms with van der Waals surface area (Å²) in [6.07, 6.45) is -10.5. The van der Waals surface area contributed by atoms with Crippen molar-refractivity contribution in [3.05, 3.63) is 0 Å². The highest BCUT2D eigenvalue weighted by Gasteiger charge is 1.93. The molecule has 0 aliphatic rings. The van der Waals surface area contributed by atoms with Gasteiger partial charge < -0.3 is 5.11 Å². The van der Waals surface area contributed by atoms with Crippen molar-refractivity contribution in [1.29, 1.82) is 0 Å². The Morgan fingerprint density at radius 2 is 2.38 bits per heavy atom. The monoisotopic (exact) mass is 189 g/mol. The van der Waals surface area contributed by atoms with Gasteiger partial charge in [0.25, 0.3) is 0 Å². The Hall–Kier alpha value is -0.0500. The number of alkyl halides is 1. The zero-order valence-electron chi connectivity index (χ0n) is 11.7. The van der Waals surface area contributed by atoms with Crippen LogP contribution in [0.5, 0.6) is 0 Å². The molecule has 0 aromatic heterocycles. The van der Waals surface area contributed by atoms with Crippen LogP contribution in [0.15, 0.2) is 0 Å². The van der Waals surface area contributed by atoms with E-state index in [1.165, 1.54) is 0 Å². The van der Waals surface area contributed by atoms with E-state index in [-0.39, 0.29) is 0 Å². The summed E-state index contributed by atoms with van der Waals surface area (Å²) in [5, 5.41) is 5.58. The van der Waals surface area contributed by atoms with Gasteiger partial charge in [0.15, 0.2) is 0 Å². The average molecular weight is 190 g/mol. The van der Waals surface area contributed by atoms with E-state index in [9.17, 15) is 4.79 Å². The molecule has 0 heterocycles. The number of rotatable bonds is 4. The van der Waals surface area contributed by atoms with Crippen LogP contribution in [0.3, 0.4) is 0 Å². The fourth-order valence-corrected chi connectivity index (χ4v) is 0.207. The Bertz CT molecular complexity index is 295. The second-order valence-corrected chi connectivity index (χ2v) is 1.17. The Kier molecular flexibility index (Phi) is 1.09. The van der Waals surface area contributed by atoms with E-state index in [1.807, 2.05) is 0 Å². The maximum Gasteiger partial charge on any atom is 0.303 e. The Labute approximate surface area is 68.3 Å². The maximum atomic E-state index is 10.5. The zero-order chi connectivity index (χ0) is 13.6. The van der Waals surface area contributed by atoms with Gasteiger partial charge in [0.05, 0.1) is 0 Å². The zero-order valence-corrected chi connectivity index (χ0v) is 5.32. The summed E-state index contributed by atoms with van der Waals surface area (Å²) < 4.78 is 56.8. The molecule has 0 fully saturated rings. The molecule has 0 unspecified atom stereocenters. The normalized spacial score (nSPS) is 31.1. The Morgan fingerprint density at radius 1 is 1.75 bits per heavy atom. The van der Waals surface area contributed by atoms with Gasteiger partial charge in [-0.15, -0.1) is 0 Å². The van der Waals surface area contributed by atoms with Gasteiger partial charge in [0.1, 0.15) is 0 Å². The second kappa shape index (κ2) is 5.09. The number of aliphatic carboxylic acids is 1. The molecule has 1 N–H and O–H groups in total. The first-order chi connectivity index (χ1) is 6.69. The number of carboxylic acids is 1. The largest absolute Gasteiger partial charge is 0.481 e. The van der Waals surface area contributed by atoms with Gasteiger partial charge in [-0.3, -0.25) is 4.79 Å². The van der Waals surface area contributed by atoms with Crippen molar-refractivity contribution in [3.8, 4) is 0 Å². The van der Waals surface area contributed by atoms with Gasteiger partial charge in [0.2, 0.25) is 0 Å². The van der Waals surface area contributed by atoms with Crippen molar-refractivity contribution in [3.63, 3.8) is 0 Å². The SMILES string of the molecule is [2H]C([2H])(Br)C([2H])([2H])C([2H])([2H])C([2H])([2H])[13C](=O)O. The van der Waals surface area contributed by atoms with E-state index >= 15 is 0 Å². The lowest BCUT2D eigenvalue weighted by atomic mass is 10.3. The number of hydrogen-bond acceptors (Lipinski definition) is 1. The van der Waals surface area contributed by atoms with Crippen LogP contribution in [-0.2, 0) is 4.79 Å². The van der Waals surface area contributed by atoms with E-state index in [4.69, 9.17) is 16.1 Å². The van der Waals surface area contributed by atoms with Gasteiger partial charge in [-0.05, 0) is 12.7 Å². The quantitative estimate of drug-likeness (QED) is 0.540. The van der Waals surface area contributed by atoms with Crippen LogP contribution < -0.4 is 0 Å². The van der Waals surface area contributed by atoms with Crippen molar-refractivity contribution in [2.24, 2.45) is 0 Å². The van der Waals surface area contributed by atoms with Crippen LogP contribution in [0.4, 0.5) is 0 Å². The van der Waals surface area contributed by atoms with Gasteiger partial charge in [-0.1, -0.05) is 15.9 Å². The highest BCUT2D eigenvalue weighted by Crippen LogP contribution is 1.97. The second-order valence-electron chi connectivity index (χ2n) is 0.775. The van der Waals surface area contributed by atoms with Crippen LogP contribution in [0.2, 0.25) is 0 Å². The van der Waals surface area contributed by atoms with Crippen LogP contribution in [-0.4, -0.2) is 16.4 Å². The molecule has 0 atom stereocenters. The minimum Gasteiger partial charge on any atom is -0.481 e. The number of halogens is 1. The molecule has 0 saturated heterocycles. The van der Waals surface area contributed by atoms with E-state index in [0.717, 1.165) is 0 Å². The van der Waals surface area contributed by atoms with Crippen LogP contribution in [0.1, 0.15) is 30.1 Å². The highest BCUT2D eigenvalue weighted by molar-refractivity contribution is 9.09. The van der Waals surface area contributed by atoms with E-state index in [2.05, 4.69) is 15.9 Å². The Morgan fingerprint density at radius 3 is 2.75 bits per heavy atom. The molecule has 48 valence electrons. The van der Waals surface area contributed by atoms with Crippen molar-refractivity contribution in [2.45, 2.75) is 19.1 Å². The van der Waals surface area contributed by atoms with Crippen molar-refractivity contribution < 1.29 is 20.9 Å². The number of carbonyl (C=O) groups is 1.